The summed E-state index contributed by atoms with van der Waals surface area (Å²) in [4.78, 5) is 0. The van der Waals surface area contributed by atoms with Gasteiger partial charge in [0.25, 0.3) is 0 Å². The zero-order valence-corrected chi connectivity index (χ0v) is 11.1. The first-order chi connectivity index (χ1) is 9.60. The Balaban J connectivity index is 2.03. The summed E-state index contributed by atoms with van der Waals surface area (Å²) in [5.74, 6) is -1.49. The molecule has 4 heteroatoms. The van der Waals surface area contributed by atoms with Crippen molar-refractivity contribution in [3.63, 3.8) is 0 Å². The quantitative estimate of drug-likeness (QED) is 0.919. The molecule has 0 unspecified atom stereocenters. The van der Waals surface area contributed by atoms with E-state index in [4.69, 9.17) is 5.26 Å². The first-order valence-corrected chi connectivity index (χ1v) is 6.28. The molecule has 0 aliphatic carbocycles. The van der Waals surface area contributed by atoms with Crippen LogP contribution < -0.4 is 5.32 Å². The second kappa shape index (κ2) is 6.16. The van der Waals surface area contributed by atoms with Crippen molar-refractivity contribution >= 4 is 5.69 Å². The van der Waals surface area contributed by atoms with E-state index in [1.807, 2.05) is 31.2 Å². The number of nitrogens with zero attached hydrogens (tertiary/aromatic N) is 1. The molecule has 102 valence electrons. The Kier molecular flexibility index (Phi) is 4.31. The predicted octanol–water partition coefficient (Wildman–Crippen LogP) is 3.80. The average molecular weight is 272 g/mol. The van der Waals surface area contributed by atoms with E-state index >= 15 is 0 Å². The zero-order chi connectivity index (χ0) is 14.5. The number of nitrogens with one attached hydrogen (secondary N) is 1. The van der Waals surface area contributed by atoms with Gasteiger partial charge in [-0.15, -0.1) is 0 Å². The topological polar surface area (TPSA) is 35.8 Å². The maximum atomic E-state index is 13.6. The maximum Gasteiger partial charge on any atom is 0.150 e. The molecule has 2 aromatic carbocycles. The Labute approximate surface area is 116 Å². The monoisotopic (exact) mass is 272 g/mol. The highest BCUT2D eigenvalue weighted by Crippen LogP contribution is 2.20. The predicted molar refractivity (Wildman–Crippen MR) is 74.4 cm³/mol. The first-order valence-electron chi connectivity index (χ1n) is 6.28. The highest BCUT2D eigenvalue weighted by atomic mass is 19.1. The molecular formula is C16H14F2N2. The average Bonchev–Trinajstić information content (AvgIpc) is 2.41. The molecule has 2 rings (SSSR count). The number of nitriles is 1. The number of anilines is 1. The molecule has 0 amide bonds. The molecule has 0 heterocycles. The molecule has 0 saturated heterocycles. The van der Waals surface area contributed by atoms with Crippen LogP contribution in [0.4, 0.5) is 14.5 Å². The van der Waals surface area contributed by atoms with Gasteiger partial charge in [0.15, 0.2) is 11.6 Å². The van der Waals surface area contributed by atoms with Crippen molar-refractivity contribution in [1.29, 1.82) is 5.26 Å². The second-order valence-corrected chi connectivity index (χ2v) is 4.59. The minimum atomic E-state index is -0.745. The fourth-order valence-electron chi connectivity index (χ4n) is 2.01. The number of benzene rings is 2. The lowest BCUT2D eigenvalue weighted by molar-refractivity contribution is 0.587. The van der Waals surface area contributed by atoms with E-state index in [0.717, 1.165) is 23.3 Å². The van der Waals surface area contributed by atoms with E-state index < -0.39 is 11.6 Å². The van der Waals surface area contributed by atoms with Crippen LogP contribution in [0.25, 0.3) is 0 Å². The third-order valence-corrected chi connectivity index (χ3v) is 2.97. The van der Waals surface area contributed by atoms with Crippen LogP contribution in [0.2, 0.25) is 0 Å². The molecular weight excluding hydrogens is 258 g/mol. The van der Waals surface area contributed by atoms with E-state index in [1.54, 1.807) is 6.07 Å². The van der Waals surface area contributed by atoms with Crippen molar-refractivity contribution in [2.45, 2.75) is 13.3 Å². The van der Waals surface area contributed by atoms with Crippen LogP contribution in [-0.4, -0.2) is 6.54 Å². The van der Waals surface area contributed by atoms with E-state index in [0.29, 0.717) is 13.0 Å². The van der Waals surface area contributed by atoms with Gasteiger partial charge in [0.2, 0.25) is 0 Å². The van der Waals surface area contributed by atoms with Gasteiger partial charge in [-0.2, -0.15) is 5.26 Å². The van der Waals surface area contributed by atoms with Crippen molar-refractivity contribution in [2.75, 3.05) is 11.9 Å². The molecule has 2 nitrogen and oxygen atoms in total. The van der Waals surface area contributed by atoms with Crippen molar-refractivity contribution in [2.24, 2.45) is 0 Å². The fourth-order valence-corrected chi connectivity index (χ4v) is 2.01. The molecule has 1 N–H and O–H groups in total. The van der Waals surface area contributed by atoms with Crippen LogP contribution >= 0.6 is 0 Å². The molecule has 2 aromatic rings. The molecule has 0 saturated carbocycles. The highest BCUT2D eigenvalue weighted by Gasteiger charge is 2.10. The van der Waals surface area contributed by atoms with Crippen molar-refractivity contribution in [3.8, 4) is 6.07 Å². The molecule has 0 aromatic heterocycles. The molecule has 0 aliphatic heterocycles. The second-order valence-electron chi connectivity index (χ2n) is 4.59. The number of hydrogen-bond donors (Lipinski definition) is 1. The van der Waals surface area contributed by atoms with Crippen LogP contribution in [0.1, 0.15) is 16.7 Å². The summed E-state index contributed by atoms with van der Waals surface area (Å²) in [6.07, 6.45) is 0.667. The highest BCUT2D eigenvalue weighted by molar-refractivity contribution is 5.50. The molecule has 20 heavy (non-hydrogen) atoms. The SMILES string of the molecule is Cc1cccc(CCNc2c(F)cc(C#N)cc2F)c1. The summed E-state index contributed by atoms with van der Waals surface area (Å²) >= 11 is 0. The van der Waals surface area contributed by atoms with Crippen LogP contribution in [0.5, 0.6) is 0 Å². The van der Waals surface area contributed by atoms with Gasteiger partial charge in [-0.05, 0) is 31.0 Å². The molecule has 0 aliphatic rings. The van der Waals surface area contributed by atoms with Gasteiger partial charge in [0, 0.05) is 6.54 Å². The maximum absolute atomic E-state index is 13.6. The van der Waals surface area contributed by atoms with Crippen LogP contribution in [0.3, 0.4) is 0 Å². The van der Waals surface area contributed by atoms with Crippen molar-refractivity contribution in [3.05, 3.63) is 64.7 Å². The molecule has 0 fully saturated rings. The summed E-state index contributed by atoms with van der Waals surface area (Å²) in [6, 6.07) is 11.7. The Morgan fingerprint density at radius 1 is 1.15 bits per heavy atom. The zero-order valence-electron chi connectivity index (χ0n) is 11.1. The van der Waals surface area contributed by atoms with Gasteiger partial charge in [-0.25, -0.2) is 8.78 Å². The van der Waals surface area contributed by atoms with Gasteiger partial charge in [-0.1, -0.05) is 29.8 Å². The van der Waals surface area contributed by atoms with Crippen molar-refractivity contribution < 1.29 is 8.78 Å². The van der Waals surface area contributed by atoms with Crippen LogP contribution in [0, 0.1) is 29.9 Å². The van der Waals surface area contributed by atoms with Gasteiger partial charge >= 0.3 is 0 Å². The first kappa shape index (κ1) is 14.0. The number of halogens is 2. The summed E-state index contributed by atoms with van der Waals surface area (Å²) in [7, 11) is 0. The largest absolute Gasteiger partial charge is 0.380 e. The Bertz CT molecular complexity index is 637. The Morgan fingerprint density at radius 3 is 2.45 bits per heavy atom. The van der Waals surface area contributed by atoms with Crippen molar-refractivity contribution in [1.82, 2.24) is 0 Å². The third-order valence-electron chi connectivity index (χ3n) is 2.97. The van der Waals surface area contributed by atoms with Gasteiger partial charge in [0.05, 0.1) is 11.6 Å². The Morgan fingerprint density at radius 2 is 1.85 bits per heavy atom. The minimum absolute atomic E-state index is 0.0239. The van der Waals surface area contributed by atoms with Gasteiger partial charge < -0.3 is 5.32 Å². The van der Waals surface area contributed by atoms with E-state index in [9.17, 15) is 8.78 Å². The molecule has 0 radical (unpaired) electrons. The number of rotatable bonds is 4. The normalized spacial score (nSPS) is 10.1. The van der Waals surface area contributed by atoms with Gasteiger partial charge in [0.1, 0.15) is 5.69 Å². The van der Waals surface area contributed by atoms with Crippen LogP contribution in [-0.2, 0) is 6.42 Å². The lowest BCUT2D eigenvalue weighted by Gasteiger charge is -2.09. The summed E-state index contributed by atoms with van der Waals surface area (Å²) in [6.45, 7) is 2.42. The number of hydrogen-bond acceptors (Lipinski definition) is 2. The molecule has 0 atom stereocenters. The molecule has 0 spiro atoms. The number of aryl methyl sites for hydroxylation is 1. The lowest BCUT2D eigenvalue weighted by atomic mass is 10.1. The summed E-state index contributed by atoms with van der Waals surface area (Å²) in [5, 5.41) is 11.4. The Hall–Kier alpha value is -2.41. The lowest BCUT2D eigenvalue weighted by Crippen LogP contribution is -2.08. The van der Waals surface area contributed by atoms with E-state index in [-0.39, 0.29) is 11.3 Å². The van der Waals surface area contributed by atoms with E-state index in [1.165, 1.54) is 0 Å². The van der Waals surface area contributed by atoms with Crippen LogP contribution in [0.15, 0.2) is 36.4 Å². The third kappa shape index (κ3) is 3.33. The standard InChI is InChI=1S/C16H14F2N2/c1-11-3-2-4-12(7-11)5-6-20-16-14(17)8-13(10-19)9-15(16)18/h2-4,7-9,20H,5-6H2,1H3. The van der Waals surface area contributed by atoms with Gasteiger partial charge in [-0.3, -0.25) is 0 Å². The van der Waals surface area contributed by atoms with E-state index in [2.05, 4.69) is 5.32 Å². The minimum Gasteiger partial charge on any atom is -0.380 e. The fraction of sp³-hybridized carbons (Fsp3) is 0.188. The summed E-state index contributed by atoms with van der Waals surface area (Å²) in [5.41, 5.74) is 2.05. The smallest absolute Gasteiger partial charge is 0.150 e. The summed E-state index contributed by atoms with van der Waals surface area (Å²) < 4.78 is 27.3. The molecule has 0 bridgehead atoms.